The van der Waals surface area contributed by atoms with Crippen molar-refractivity contribution in [2.24, 2.45) is 0 Å². The first-order valence-corrected chi connectivity index (χ1v) is 8.78. The van der Waals surface area contributed by atoms with Crippen LogP contribution >= 0.6 is 0 Å². The Balaban J connectivity index is 1.56. The van der Waals surface area contributed by atoms with Gasteiger partial charge < -0.3 is 10.6 Å². The maximum atomic E-state index is 13.7. The number of hydrogen-bond donors (Lipinski definition) is 2. The predicted octanol–water partition coefficient (Wildman–Crippen LogP) is 2.55. The summed E-state index contributed by atoms with van der Waals surface area (Å²) in [5, 5.41) is 5.19. The summed E-state index contributed by atoms with van der Waals surface area (Å²) in [6.45, 7) is -0.469. The van der Waals surface area contributed by atoms with Gasteiger partial charge in [0.2, 0.25) is 5.91 Å². The number of nitrogens with zero attached hydrogens (tertiary/aromatic N) is 1. The summed E-state index contributed by atoms with van der Waals surface area (Å²) in [6.07, 6.45) is 2.09. The van der Waals surface area contributed by atoms with Crippen LogP contribution in [0.5, 0.6) is 0 Å². The van der Waals surface area contributed by atoms with Gasteiger partial charge in [-0.05, 0) is 42.5 Å². The average molecular weight is 367 g/mol. The molecule has 2 aromatic carbocycles. The van der Waals surface area contributed by atoms with E-state index < -0.39 is 35.7 Å². The molecule has 6 nitrogen and oxygen atoms in total. The van der Waals surface area contributed by atoms with Crippen LogP contribution in [-0.4, -0.2) is 29.3 Å². The molecule has 138 valence electrons. The van der Waals surface area contributed by atoms with Gasteiger partial charge in [0, 0.05) is 0 Å². The number of halogens is 1. The lowest BCUT2D eigenvalue weighted by Gasteiger charge is -2.33. The third kappa shape index (κ3) is 2.85. The Bertz CT molecular complexity index is 946. The molecule has 1 fully saturated rings. The Morgan fingerprint density at radius 1 is 1.15 bits per heavy atom. The highest BCUT2D eigenvalue weighted by Gasteiger charge is 2.54. The molecule has 1 heterocycles. The van der Waals surface area contributed by atoms with Crippen molar-refractivity contribution in [1.82, 2.24) is 10.2 Å². The van der Waals surface area contributed by atoms with Crippen molar-refractivity contribution in [2.75, 3.05) is 11.9 Å². The van der Waals surface area contributed by atoms with E-state index in [4.69, 9.17) is 0 Å². The van der Waals surface area contributed by atoms with Gasteiger partial charge in [-0.25, -0.2) is 9.18 Å². The summed E-state index contributed by atoms with van der Waals surface area (Å²) in [5.74, 6) is -1.66. The number of aryl methyl sites for hydroxylation is 1. The van der Waals surface area contributed by atoms with E-state index in [0.29, 0.717) is 6.42 Å². The fourth-order valence-corrected chi connectivity index (χ4v) is 3.85. The number of nitrogens with one attached hydrogen (secondary N) is 2. The van der Waals surface area contributed by atoms with Gasteiger partial charge in [0.15, 0.2) is 0 Å². The molecular formula is C20H18FN3O3. The molecule has 7 heteroatoms. The number of benzene rings is 2. The maximum Gasteiger partial charge on any atom is 0.325 e. The first-order chi connectivity index (χ1) is 13.0. The fraction of sp³-hybridized carbons (Fsp3) is 0.250. The standard InChI is InChI=1S/C20H18FN3O3/c21-15-9-3-4-10-16(15)22-17(25)12-24-18(26)20(23-19(24)27)11-5-7-13-6-1-2-8-14(13)20/h1-4,6,8-10H,5,7,11-12H2,(H,22,25)(H,23,27)/t20-/m0/s1. The Labute approximate surface area is 155 Å². The number of anilines is 1. The molecule has 0 radical (unpaired) electrons. The van der Waals surface area contributed by atoms with E-state index in [0.717, 1.165) is 28.9 Å². The normalized spacial score (nSPS) is 21.1. The highest BCUT2D eigenvalue weighted by Crippen LogP contribution is 2.39. The molecule has 1 aliphatic carbocycles. The van der Waals surface area contributed by atoms with Gasteiger partial charge in [0.05, 0.1) is 5.69 Å². The van der Waals surface area contributed by atoms with Gasteiger partial charge in [-0.1, -0.05) is 36.4 Å². The van der Waals surface area contributed by atoms with Gasteiger partial charge in [-0.2, -0.15) is 0 Å². The molecular weight excluding hydrogens is 349 g/mol. The monoisotopic (exact) mass is 367 g/mol. The topological polar surface area (TPSA) is 78.5 Å². The number of imide groups is 1. The van der Waals surface area contributed by atoms with Gasteiger partial charge in [-0.15, -0.1) is 0 Å². The third-order valence-corrected chi connectivity index (χ3v) is 5.10. The largest absolute Gasteiger partial charge is 0.325 e. The lowest BCUT2D eigenvalue weighted by atomic mass is 9.76. The van der Waals surface area contributed by atoms with E-state index in [-0.39, 0.29) is 5.69 Å². The van der Waals surface area contributed by atoms with Crippen LogP contribution in [0.25, 0.3) is 0 Å². The van der Waals surface area contributed by atoms with Crippen molar-refractivity contribution >= 4 is 23.5 Å². The van der Waals surface area contributed by atoms with Crippen LogP contribution in [0.2, 0.25) is 0 Å². The molecule has 2 N–H and O–H groups in total. The van der Waals surface area contributed by atoms with E-state index in [1.54, 1.807) is 6.07 Å². The second-order valence-electron chi connectivity index (χ2n) is 6.77. The molecule has 0 aromatic heterocycles. The number of hydrogen-bond acceptors (Lipinski definition) is 3. The number of carbonyl (C=O) groups is 3. The highest BCUT2D eigenvalue weighted by atomic mass is 19.1. The van der Waals surface area contributed by atoms with Crippen LogP contribution in [0.3, 0.4) is 0 Å². The van der Waals surface area contributed by atoms with Gasteiger partial charge in [0.1, 0.15) is 17.9 Å². The SMILES string of the molecule is O=C(CN1C(=O)N[C@]2(CCCc3ccccc32)C1=O)Nc1ccccc1F. The molecule has 1 atom stereocenters. The van der Waals surface area contributed by atoms with Crippen LogP contribution < -0.4 is 10.6 Å². The van der Waals surface area contributed by atoms with Crippen molar-refractivity contribution < 1.29 is 18.8 Å². The minimum absolute atomic E-state index is 0.00674. The first kappa shape index (κ1) is 17.2. The zero-order valence-electron chi connectivity index (χ0n) is 14.5. The quantitative estimate of drug-likeness (QED) is 0.819. The van der Waals surface area contributed by atoms with Crippen molar-refractivity contribution in [1.29, 1.82) is 0 Å². The Morgan fingerprint density at radius 2 is 1.89 bits per heavy atom. The minimum Gasteiger partial charge on any atom is -0.322 e. The lowest BCUT2D eigenvalue weighted by molar-refractivity contribution is -0.134. The first-order valence-electron chi connectivity index (χ1n) is 8.78. The number of carbonyl (C=O) groups excluding carboxylic acids is 3. The van der Waals surface area contributed by atoms with E-state index in [1.165, 1.54) is 18.2 Å². The molecule has 27 heavy (non-hydrogen) atoms. The molecule has 2 aliphatic rings. The molecule has 0 bridgehead atoms. The summed E-state index contributed by atoms with van der Waals surface area (Å²) in [7, 11) is 0. The molecule has 4 amide bonds. The second-order valence-corrected chi connectivity index (χ2v) is 6.77. The minimum atomic E-state index is -1.12. The second kappa shape index (κ2) is 6.50. The van der Waals surface area contributed by atoms with Crippen LogP contribution in [0, 0.1) is 5.82 Å². The maximum absolute atomic E-state index is 13.7. The summed E-state index contributed by atoms with van der Waals surface area (Å²) in [5.41, 5.74) is 0.693. The van der Waals surface area contributed by atoms with Crippen LogP contribution in [0.15, 0.2) is 48.5 Å². The molecule has 1 saturated heterocycles. The molecule has 0 unspecified atom stereocenters. The number of fused-ring (bicyclic) bond motifs is 2. The zero-order valence-corrected chi connectivity index (χ0v) is 14.5. The molecule has 4 rings (SSSR count). The number of amides is 4. The highest BCUT2D eigenvalue weighted by molar-refractivity contribution is 6.10. The summed E-state index contributed by atoms with van der Waals surface area (Å²) < 4.78 is 13.7. The Morgan fingerprint density at radius 3 is 2.70 bits per heavy atom. The molecule has 1 aliphatic heterocycles. The summed E-state index contributed by atoms with van der Waals surface area (Å²) in [4.78, 5) is 38.7. The van der Waals surface area contributed by atoms with E-state index in [9.17, 15) is 18.8 Å². The van der Waals surface area contributed by atoms with Crippen molar-refractivity contribution in [3.05, 3.63) is 65.5 Å². The van der Waals surface area contributed by atoms with Crippen LogP contribution in [0.4, 0.5) is 14.9 Å². The van der Waals surface area contributed by atoms with Crippen LogP contribution in [0.1, 0.15) is 24.0 Å². The lowest BCUT2D eigenvalue weighted by Crippen LogP contribution is -2.47. The van der Waals surface area contributed by atoms with Gasteiger partial charge in [0.25, 0.3) is 5.91 Å². The van der Waals surface area contributed by atoms with Crippen molar-refractivity contribution in [2.45, 2.75) is 24.8 Å². The number of urea groups is 1. The number of rotatable bonds is 3. The Hall–Kier alpha value is -3.22. The number of para-hydroxylation sites is 1. The zero-order chi connectivity index (χ0) is 19.0. The predicted molar refractivity (Wildman–Crippen MR) is 96.3 cm³/mol. The van der Waals surface area contributed by atoms with Gasteiger partial charge in [-0.3, -0.25) is 14.5 Å². The molecule has 0 saturated carbocycles. The molecule has 1 spiro atoms. The van der Waals surface area contributed by atoms with Gasteiger partial charge >= 0.3 is 6.03 Å². The summed E-state index contributed by atoms with van der Waals surface area (Å²) >= 11 is 0. The summed E-state index contributed by atoms with van der Waals surface area (Å²) in [6, 6.07) is 12.6. The van der Waals surface area contributed by atoms with E-state index in [1.807, 2.05) is 24.3 Å². The van der Waals surface area contributed by atoms with E-state index >= 15 is 0 Å². The third-order valence-electron chi connectivity index (χ3n) is 5.10. The van der Waals surface area contributed by atoms with E-state index in [2.05, 4.69) is 10.6 Å². The smallest absolute Gasteiger partial charge is 0.322 e. The van der Waals surface area contributed by atoms with Crippen molar-refractivity contribution in [3.63, 3.8) is 0 Å². The van der Waals surface area contributed by atoms with Crippen LogP contribution in [-0.2, 0) is 21.5 Å². The van der Waals surface area contributed by atoms with Crippen molar-refractivity contribution in [3.8, 4) is 0 Å². The fourth-order valence-electron chi connectivity index (χ4n) is 3.85. The average Bonchev–Trinajstić information content (AvgIpc) is 2.89. The Kier molecular flexibility index (Phi) is 4.14. The molecule has 2 aromatic rings.